The molecule has 0 bridgehead atoms. The first-order chi connectivity index (χ1) is 7.08. The van der Waals surface area contributed by atoms with E-state index in [-0.39, 0.29) is 12.7 Å². The Labute approximate surface area is 92.6 Å². The predicted octanol–water partition coefficient (Wildman–Crippen LogP) is 2.67. The van der Waals surface area contributed by atoms with Gasteiger partial charge in [-0.05, 0) is 32.6 Å². The lowest BCUT2D eigenvalue weighted by Crippen LogP contribution is -2.39. The van der Waals surface area contributed by atoms with Gasteiger partial charge < -0.3 is 10.1 Å². The van der Waals surface area contributed by atoms with Crippen molar-refractivity contribution in [2.45, 2.75) is 70.8 Å². The number of hydrogen-bond donors (Lipinski definition) is 1. The highest BCUT2D eigenvalue weighted by atomic mass is 19.1. The summed E-state index contributed by atoms with van der Waals surface area (Å²) in [5, 5.41) is 3.54. The molecule has 3 heteroatoms. The highest BCUT2D eigenvalue weighted by Crippen LogP contribution is 2.21. The number of rotatable bonds is 5. The molecule has 1 atom stereocenters. The van der Waals surface area contributed by atoms with Gasteiger partial charge in [-0.25, -0.2) is 4.39 Å². The topological polar surface area (TPSA) is 21.3 Å². The second-order valence-electron chi connectivity index (χ2n) is 4.91. The third-order valence-corrected chi connectivity index (χ3v) is 2.80. The molecule has 0 aliphatic heterocycles. The van der Waals surface area contributed by atoms with Gasteiger partial charge in [0.2, 0.25) is 0 Å². The van der Waals surface area contributed by atoms with Crippen molar-refractivity contribution in [2.24, 2.45) is 0 Å². The molecular weight excluding hydrogens is 193 g/mol. The summed E-state index contributed by atoms with van der Waals surface area (Å²) < 4.78 is 18.1. The fourth-order valence-electron chi connectivity index (χ4n) is 2.14. The average Bonchev–Trinajstić information content (AvgIpc) is 2.16. The Morgan fingerprint density at radius 3 is 2.27 bits per heavy atom. The van der Waals surface area contributed by atoms with Crippen molar-refractivity contribution >= 4 is 0 Å². The van der Waals surface area contributed by atoms with Crippen LogP contribution < -0.4 is 5.32 Å². The van der Waals surface area contributed by atoms with Gasteiger partial charge in [-0.1, -0.05) is 13.8 Å². The number of alkyl halides is 1. The van der Waals surface area contributed by atoms with Crippen LogP contribution in [-0.2, 0) is 4.74 Å². The van der Waals surface area contributed by atoms with Crippen LogP contribution in [0.5, 0.6) is 0 Å². The molecule has 0 aromatic carbocycles. The minimum atomic E-state index is -0.837. The summed E-state index contributed by atoms with van der Waals surface area (Å²) in [5.74, 6) is 0. The van der Waals surface area contributed by atoms with Gasteiger partial charge in [0, 0.05) is 12.1 Å². The van der Waals surface area contributed by atoms with Gasteiger partial charge in [-0.2, -0.15) is 0 Å². The van der Waals surface area contributed by atoms with Gasteiger partial charge in [0.1, 0.15) is 6.17 Å². The molecule has 1 saturated carbocycles. The molecule has 2 nitrogen and oxygen atoms in total. The van der Waals surface area contributed by atoms with Crippen LogP contribution >= 0.6 is 0 Å². The van der Waals surface area contributed by atoms with E-state index in [2.05, 4.69) is 19.2 Å². The molecular formula is C12H24FNO. The van der Waals surface area contributed by atoms with E-state index in [4.69, 9.17) is 4.74 Å². The van der Waals surface area contributed by atoms with E-state index in [1.165, 1.54) is 0 Å². The van der Waals surface area contributed by atoms with Crippen LogP contribution in [0.25, 0.3) is 0 Å². The molecule has 0 radical (unpaired) electrons. The Kier molecular flexibility index (Phi) is 5.54. The molecule has 15 heavy (non-hydrogen) atoms. The highest BCUT2D eigenvalue weighted by molar-refractivity contribution is 4.78. The Balaban J connectivity index is 2.12. The van der Waals surface area contributed by atoms with Gasteiger partial charge in [0.25, 0.3) is 0 Å². The van der Waals surface area contributed by atoms with Crippen molar-refractivity contribution in [3.63, 3.8) is 0 Å². The van der Waals surface area contributed by atoms with Gasteiger partial charge in [-0.3, -0.25) is 0 Å². The zero-order valence-electron chi connectivity index (χ0n) is 10.1. The first-order valence-corrected chi connectivity index (χ1v) is 6.09. The molecule has 0 spiro atoms. The molecule has 90 valence electrons. The first-order valence-electron chi connectivity index (χ1n) is 6.09. The van der Waals surface area contributed by atoms with E-state index in [0.29, 0.717) is 12.1 Å². The van der Waals surface area contributed by atoms with Crippen LogP contribution in [0.15, 0.2) is 0 Å². The van der Waals surface area contributed by atoms with Crippen molar-refractivity contribution in [3.8, 4) is 0 Å². The summed E-state index contributed by atoms with van der Waals surface area (Å²) in [6, 6.07) is 1.19. The first kappa shape index (κ1) is 12.9. The maximum Gasteiger partial charge on any atom is 0.121 e. The maximum atomic E-state index is 12.6. The normalized spacial score (nSPS) is 29.4. The molecule has 1 rings (SSSR count). The molecule has 1 N–H and O–H groups in total. The molecule has 1 fully saturated rings. The Morgan fingerprint density at radius 2 is 1.80 bits per heavy atom. The smallest absolute Gasteiger partial charge is 0.121 e. The summed E-state index contributed by atoms with van der Waals surface area (Å²) in [6.07, 6.45) is 3.89. The zero-order chi connectivity index (χ0) is 11.3. The van der Waals surface area contributed by atoms with E-state index < -0.39 is 6.17 Å². The number of nitrogens with one attached hydrogen (secondary N) is 1. The summed E-state index contributed by atoms with van der Waals surface area (Å²) >= 11 is 0. The van der Waals surface area contributed by atoms with Crippen LogP contribution in [0.3, 0.4) is 0 Å². The summed E-state index contributed by atoms with van der Waals surface area (Å²) in [5.41, 5.74) is 0. The minimum absolute atomic E-state index is 0.257. The fourth-order valence-corrected chi connectivity index (χ4v) is 2.14. The van der Waals surface area contributed by atoms with E-state index in [0.717, 1.165) is 25.7 Å². The van der Waals surface area contributed by atoms with Crippen molar-refractivity contribution in [1.82, 2.24) is 5.32 Å². The van der Waals surface area contributed by atoms with Crippen LogP contribution in [0.1, 0.15) is 46.5 Å². The van der Waals surface area contributed by atoms with E-state index in [1.807, 2.05) is 0 Å². The summed E-state index contributed by atoms with van der Waals surface area (Å²) in [4.78, 5) is 0. The third kappa shape index (κ3) is 5.47. The van der Waals surface area contributed by atoms with Crippen molar-refractivity contribution < 1.29 is 9.13 Å². The average molecular weight is 217 g/mol. The lowest BCUT2D eigenvalue weighted by atomic mass is 9.92. The lowest BCUT2D eigenvalue weighted by molar-refractivity contribution is -0.00158. The van der Waals surface area contributed by atoms with Crippen LogP contribution in [0.2, 0.25) is 0 Å². The predicted molar refractivity (Wildman–Crippen MR) is 60.8 cm³/mol. The van der Waals surface area contributed by atoms with Gasteiger partial charge in [-0.15, -0.1) is 0 Å². The second-order valence-corrected chi connectivity index (χ2v) is 4.91. The fraction of sp³-hybridized carbons (Fsp3) is 1.00. The Morgan fingerprint density at radius 1 is 1.20 bits per heavy atom. The second kappa shape index (κ2) is 6.44. The molecule has 0 amide bonds. The van der Waals surface area contributed by atoms with E-state index in [1.54, 1.807) is 6.92 Å². The maximum absolute atomic E-state index is 12.6. The van der Waals surface area contributed by atoms with Gasteiger partial charge in [0.05, 0.1) is 12.7 Å². The molecule has 1 aliphatic rings. The quantitative estimate of drug-likeness (QED) is 0.764. The largest absolute Gasteiger partial charge is 0.375 e. The lowest BCUT2D eigenvalue weighted by Gasteiger charge is -2.30. The van der Waals surface area contributed by atoms with Crippen molar-refractivity contribution in [3.05, 3.63) is 0 Å². The third-order valence-electron chi connectivity index (χ3n) is 2.80. The molecule has 0 aromatic heterocycles. The highest BCUT2D eigenvalue weighted by Gasteiger charge is 2.22. The van der Waals surface area contributed by atoms with Gasteiger partial charge >= 0.3 is 0 Å². The molecule has 0 saturated heterocycles. The monoisotopic (exact) mass is 217 g/mol. The summed E-state index contributed by atoms with van der Waals surface area (Å²) in [7, 11) is 0. The number of halogens is 1. The van der Waals surface area contributed by atoms with Crippen LogP contribution in [-0.4, -0.2) is 31.0 Å². The zero-order valence-corrected chi connectivity index (χ0v) is 10.1. The van der Waals surface area contributed by atoms with Crippen molar-refractivity contribution in [1.29, 1.82) is 0 Å². The molecule has 1 aliphatic carbocycles. The van der Waals surface area contributed by atoms with Crippen molar-refractivity contribution in [2.75, 3.05) is 6.61 Å². The SMILES string of the molecule is CC(F)COC1CCC(NC(C)C)CC1. The Hall–Kier alpha value is -0.150. The van der Waals surface area contributed by atoms with E-state index in [9.17, 15) is 4.39 Å². The summed E-state index contributed by atoms with van der Waals surface area (Å²) in [6.45, 7) is 6.15. The number of ether oxygens (including phenoxy) is 1. The van der Waals surface area contributed by atoms with Crippen LogP contribution in [0.4, 0.5) is 4.39 Å². The molecule has 0 heterocycles. The Bertz CT molecular complexity index is 165. The van der Waals surface area contributed by atoms with E-state index >= 15 is 0 Å². The van der Waals surface area contributed by atoms with Crippen LogP contribution in [0, 0.1) is 0 Å². The standard InChI is InChI=1S/C12H24FNO/c1-9(2)14-11-4-6-12(7-5-11)15-8-10(3)13/h9-12,14H,4-8H2,1-3H3. The molecule has 0 aromatic rings. The minimum Gasteiger partial charge on any atom is -0.375 e. The molecule has 1 unspecified atom stereocenters. The van der Waals surface area contributed by atoms with Gasteiger partial charge in [0.15, 0.2) is 0 Å². The number of hydrogen-bond acceptors (Lipinski definition) is 2.